The Labute approximate surface area is 182 Å². The van der Waals surface area contributed by atoms with Crippen molar-refractivity contribution < 1.29 is 14.3 Å². The summed E-state index contributed by atoms with van der Waals surface area (Å²) in [6.45, 7) is 6.52. The van der Waals surface area contributed by atoms with Crippen molar-refractivity contribution in [1.29, 1.82) is 0 Å². The molecule has 3 aromatic rings. The Bertz CT molecular complexity index is 1140. The van der Waals surface area contributed by atoms with Gasteiger partial charge < -0.3 is 19.8 Å². The summed E-state index contributed by atoms with van der Waals surface area (Å²) in [6, 6.07) is 7.49. The van der Waals surface area contributed by atoms with Crippen LogP contribution in [0.15, 0.2) is 29.1 Å². The number of amides is 1. The highest BCUT2D eigenvalue weighted by Gasteiger charge is 2.22. The van der Waals surface area contributed by atoms with Crippen molar-refractivity contribution in [2.45, 2.75) is 37.9 Å². The smallest absolute Gasteiger partial charge is 0.259 e. The predicted octanol–water partition coefficient (Wildman–Crippen LogP) is 3.18. The molecular formula is C21H23N3O4S2. The van der Waals surface area contributed by atoms with E-state index in [9.17, 15) is 9.59 Å². The van der Waals surface area contributed by atoms with Crippen LogP contribution in [0.2, 0.25) is 0 Å². The van der Waals surface area contributed by atoms with E-state index in [0.29, 0.717) is 35.9 Å². The third kappa shape index (κ3) is 4.32. The highest BCUT2D eigenvalue weighted by atomic mass is 32.2. The fraction of sp³-hybridized carbons (Fsp3) is 0.381. The number of fused-ring (bicyclic) bond motifs is 2. The minimum Gasteiger partial charge on any atom is -0.486 e. The number of hydrogen-bond donors (Lipinski definition) is 2. The molecule has 0 radical (unpaired) electrons. The Hall–Kier alpha value is -2.52. The average Bonchev–Trinajstić information content (AvgIpc) is 3.03. The molecule has 7 nitrogen and oxygen atoms in total. The summed E-state index contributed by atoms with van der Waals surface area (Å²) in [5.41, 5.74) is 0.858. The largest absolute Gasteiger partial charge is 0.486 e. The summed E-state index contributed by atoms with van der Waals surface area (Å²) in [5.74, 6) is 2.35. The first kappa shape index (κ1) is 20.7. The van der Waals surface area contributed by atoms with E-state index in [2.05, 4.69) is 15.3 Å². The second kappa shape index (κ2) is 8.69. The van der Waals surface area contributed by atoms with Gasteiger partial charge in [0, 0.05) is 4.88 Å². The van der Waals surface area contributed by atoms with Gasteiger partial charge in [-0.15, -0.1) is 23.1 Å². The first-order valence-corrected chi connectivity index (χ1v) is 11.6. The van der Waals surface area contributed by atoms with E-state index in [1.54, 1.807) is 0 Å². The van der Waals surface area contributed by atoms with Crippen molar-refractivity contribution >= 4 is 39.2 Å². The molecule has 2 aromatic heterocycles. The van der Waals surface area contributed by atoms with E-state index < -0.39 is 0 Å². The Kier molecular flexibility index (Phi) is 6.01. The number of carbonyl (C=O) groups excluding carboxylic acids is 1. The SMILES string of the molecule is Cc1sc2nc(CS[C@H](C)C(=O)NC[C@@H]3COc4ccccc4O3)[nH]c(=O)c2c1C. The molecule has 0 aliphatic carbocycles. The quantitative estimate of drug-likeness (QED) is 0.605. The van der Waals surface area contributed by atoms with Gasteiger partial charge in [0.05, 0.1) is 22.9 Å². The third-order valence-electron chi connectivity index (χ3n) is 5.00. The standard InChI is InChI=1S/C21H23N3O4S2/c1-11-12(2)30-21-18(11)20(26)23-17(24-21)10-29-13(3)19(25)22-8-14-9-27-15-6-4-5-7-16(15)28-14/h4-7,13-14H,8-10H2,1-3H3,(H,22,25)(H,23,24,26)/t13-,14-/m1/s1. The van der Waals surface area contributed by atoms with Crippen LogP contribution in [0.3, 0.4) is 0 Å². The number of thiophene rings is 1. The lowest BCUT2D eigenvalue weighted by molar-refractivity contribution is -0.120. The van der Waals surface area contributed by atoms with Crippen LogP contribution in [0, 0.1) is 13.8 Å². The van der Waals surface area contributed by atoms with Gasteiger partial charge in [-0.1, -0.05) is 12.1 Å². The molecular weight excluding hydrogens is 422 g/mol. The minimum atomic E-state index is -0.297. The monoisotopic (exact) mass is 445 g/mol. The van der Waals surface area contributed by atoms with Crippen LogP contribution in [0.4, 0.5) is 0 Å². The van der Waals surface area contributed by atoms with Crippen LogP contribution in [0.25, 0.3) is 10.2 Å². The van der Waals surface area contributed by atoms with Crippen molar-refractivity contribution in [1.82, 2.24) is 15.3 Å². The molecule has 9 heteroatoms. The fourth-order valence-electron chi connectivity index (χ4n) is 3.17. The minimum absolute atomic E-state index is 0.0892. The number of H-pyrrole nitrogens is 1. The van der Waals surface area contributed by atoms with Crippen molar-refractivity contribution in [3.05, 3.63) is 50.9 Å². The van der Waals surface area contributed by atoms with E-state index in [-0.39, 0.29) is 22.8 Å². The maximum atomic E-state index is 12.5. The number of aromatic amines is 1. The van der Waals surface area contributed by atoms with Gasteiger partial charge in [0.15, 0.2) is 11.5 Å². The van der Waals surface area contributed by atoms with Gasteiger partial charge in [-0.05, 0) is 38.5 Å². The number of hydrogen-bond acceptors (Lipinski definition) is 7. The number of benzene rings is 1. The molecule has 0 saturated heterocycles. The van der Waals surface area contributed by atoms with Crippen LogP contribution >= 0.6 is 23.1 Å². The molecule has 1 amide bonds. The Morgan fingerprint density at radius 2 is 2.13 bits per heavy atom. The number of rotatable bonds is 6. The van der Waals surface area contributed by atoms with Crippen molar-refractivity contribution in [3.8, 4) is 11.5 Å². The molecule has 4 rings (SSSR count). The zero-order valence-corrected chi connectivity index (χ0v) is 18.6. The summed E-state index contributed by atoms with van der Waals surface area (Å²) in [5, 5.41) is 3.28. The highest BCUT2D eigenvalue weighted by molar-refractivity contribution is 7.99. The number of thioether (sulfide) groups is 1. The van der Waals surface area contributed by atoms with E-state index in [1.807, 2.05) is 45.0 Å². The van der Waals surface area contributed by atoms with E-state index in [4.69, 9.17) is 9.47 Å². The molecule has 1 aliphatic rings. The van der Waals surface area contributed by atoms with Gasteiger partial charge in [0.25, 0.3) is 5.56 Å². The summed E-state index contributed by atoms with van der Waals surface area (Å²) >= 11 is 2.95. The number of para-hydroxylation sites is 2. The van der Waals surface area contributed by atoms with Crippen molar-refractivity contribution in [2.75, 3.05) is 13.2 Å². The normalized spacial score (nSPS) is 16.4. The first-order chi connectivity index (χ1) is 14.4. The highest BCUT2D eigenvalue weighted by Crippen LogP contribution is 2.30. The van der Waals surface area contributed by atoms with Crippen LogP contribution in [-0.4, -0.2) is 40.4 Å². The van der Waals surface area contributed by atoms with Gasteiger partial charge in [-0.25, -0.2) is 4.98 Å². The summed E-state index contributed by atoms with van der Waals surface area (Å²) < 4.78 is 11.5. The molecule has 30 heavy (non-hydrogen) atoms. The van der Waals surface area contributed by atoms with Crippen LogP contribution in [-0.2, 0) is 10.5 Å². The molecule has 1 aliphatic heterocycles. The molecule has 0 unspecified atom stereocenters. The van der Waals surface area contributed by atoms with Gasteiger partial charge in [0.2, 0.25) is 5.91 Å². The number of nitrogens with zero attached hydrogens (tertiary/aromatic N) is 1. The number of ether oxygens (including phenoxy) is 2. The van der Waals surface area contributed by atoms with E-state index in [1.165, 1.54) is 23.1 Å². The lowest BCUT2D eigenvalue weighted by Gasteiger charge is -2.26. The molecule has 158 valence electrons. The second-order valence-corrected chi connectivity index (χ2v) is 9.70. The zero-order chi connectivity index (χ0) is 21.3. The third-order valence-corrected chi connectivity index (χ3v) is 7.25. The number of nitrogens with one attached hydrogen (secondary N) is 2. The molecule has 0 fully saturated rings. The second-order valence-electron chi connectivity index (χ2n) is 7.17. The summed E-state index contributed by atoms with van der Waals surface area (Å²) in [4.78, 5) is 34.1. The molecule has 0 bridgehead atoms. The number of aromatic nitrogens is 2. The molecule has 0 spiro atoms. The number of carbonyl (C=O) groups is 1. The number of aryl methyl sites for hydroxylation is 2. The van der Waals surface area contributed by atoms with Crippen LogP contribution in [0.1, 0.15) is 23.2 Å². The molecule has 1 aromatic carbocycles. The first-order valence-electron chi connectivity index (χ1n) is 9.69. The van der Waals surface area contributed by atoms with Gasteiger partial charge in [-0.3, -0.25) is 9.59 Å². The van der Waals surface area contributed by atoms with E-state index >= 15 is 0 Å². The Morgan fingerprint density at radius 1 is 1.37 bits per heavy atom. The molecule has 3 heterocycles. The van der Waals surface area contributed by atoms with Crippen molar-refractivity contribution in [2.24, 2.45) is 0 Å². The Balaban J connectivity index is 1.30. The van der Waals surface area contributed by atoms with Gasteiger partial charge in [0.1, 0.15) is 23.4 Å². The van der Waals surface area contributed by atoms with E-state index in [0.717, 1.165) is 21.0 Å². The van der Waals surface area contributed by atoms with Gasteiger partial charge >= 0.3 is 0 Å². The van der Waals surface area contributed by atoms with Crippen molar-refractivity contribution in [3.63, 3.8) is 0 Å². The summed E-state index contributed by atoms with van der Waals surface area (Å²) in [7, 11) is 0. The maximum absolute atomic E-state index is 12.5. The maximum Gasteiger partial charge on any atom is 0.259 e. The lowest BCUT2D eigenvalue weighted by atomic mass is 10.2. The topological polar surface area (TPSA) is 93.3 Å². The fourth-order valence-corrected chi connectivity index (χ4v) is 5.00. The predicted molar refractivity (Wildman–Crippen MR) is 120 cm³/mol. The zero-order valence-electron chi connectivity index (χ0n) is 17.0. The molecule has 0 saturated carbocycles. The van der Waals surface area contributed by atoms with Gasteiger partial charge in [-0.2, -0.15) is 0 Å². The lowest BCUT2D eigenvalue weighted by Crippen LogP contribution is -2.42. The molecule has 2 atom stereocenters. The summed E-state index contributed by atoms with van der Waals surface area (Å²) in [6.07, 6.45) is -0.230. The Morgan fingerprint density at radius 3 is 2.93 bits per heavy atom. The average molecular weight is 446 g/mol. The van der Waals surface area contributed by atoms with Crippen LogP contribution in [0.5, 0.6) is 11.5 Å². The molecule has 2 N–H and O–H groups in total. The van der Waals surface area contributed by atoms with Crippen LogP contribution < -0.4 is 20.3 Å².